The Morgan fingerprint density at radius 3 is 2.94 bits per heavy atom. The second kappa shape index (κ2) is 10.2. The normalized spacial score (nSPS) is 20.0. The van der Waals surface area contributed by atoms with E-state index in [2.05, 4.69) is 40.5 Å². The average Bonchev–Trinajstić information content (AvgIpc) is 3.59. The number of carbonyl (C=O) groups is 1. The number of H-pyrrole nitrogens is 1. The Labute approximate surface area is 204 Å². The Bertz CT molecular complexity index is 1400. The number of fused-ring (bicyclic) bond motifs is 2. The van der Waals surface area contributed by atoms with Crippen LogP contribution in [0.25, 0.3) is 28.3 Å². The molecule has 0 aliphatic carbocycles. The first-order valence-corrected chi connectivity index (χ1v) is 11.4. The van der Waals surface area contributed by atoms with Crippen LogP contribution in [0.4, 0.5) is 11.6 Å². The van der Waals surface area contributed by atoms with Gasteiger partial charge in [0.15, 0.2) is 11.5 Å². The van der Waals surface area contributed by atoms with Crippen LogP contribution < -0.4 is 16.4 Å². The number of aliphatic hydroxyl groups excluding tert-OH is 2. The molecule has 0 radical (unpaired) electrons. The lowest BCUT2D eigenvalue weighted by molar-refractivity contribution is -0.120. The number of rotatable bonds is 9. The smallest absolute Gasteiger partial charge is 0.223 e. The number of aromatic amines is 1. The maximum absolute atomic E-state index is 12.3. The van der Waals surface area contributed by atoms with Gasteiger partial charge in [-0.25, -0.2) is 24.9 Å². The number of nitrogens with zero attached hydrogens (tertiary/aromatic N) is 6. The second-order valence-electron chi connectivity index (χ2n) is 8.27. The van der Waals surface area contributed by atoms with Gasteiger partial charge in [-0.15, -0.1) is 0 Å². The van der Waals surface area contributed by atoms with E-state index >= 15 is 0 Å². The minimum absolute atomic E-state index is 0.150. The Morgan fingerprint density at radius 1 is 1.25 bits per heavy atom. The average molecular weight is 495 g/mol. The van der Waals surface area contributed by atoms with Crippen molar-refractivity contribution >= 4 is 45.8 Å². The predicted octanol–water partition coefficient (Wildman–Crippen LogP) is -0.0479. The Kier molecular flexibility index (Phi) is 6.71. The number of nitrogen functional groups attached to an aromatic ring is 1. The number of aromatic nitrogens is 7. The predicted molar refractivity (Wildman–Crippen MR) is 130 cm³/mol. The number of nitrogens with one attached hydrogen (secondary N) is 3. The van der Waals surface area contributed by atoms with Gasteiger partial charge in [-0.05, 0) is 0 Å². The summed E-state index contributed by atoms with van der Waals surface area (Å²) in [6.45, 7) is 0.599. The maximum Gasteiger partial charge on any atom is 0.223 e. The topological polar surface area (TPSA) is 202 Å². The van der Waals surface area contributed by atoms with Gasteiger partial charge >= 0.3 is 0 Å². The van der Waals surface area contributed by atoms with Crippen molar-refractivity contribution in [1.82, 2.24) is 39.8 Å². The van der Waals surface area contributed by atoms with Gasteiger partial charge in [-0.2, -0.15) is 0 Å². The monoisotopic (exact) mass is 494 g/mol. The Balaban J connectivity index is 1.19. The fourth-order valence-corrected chi connectivity index (χ4v) is 4.18. The summed E-state index contributed by atoms with van der Waals surface area (Å²) in [5.74, 6) is 0.762. The van der Waals surface area contributed by atoms with Crippen molar-refractivity contribution in [3.8, 4) is 0 Å². The molecule has 4 aromatic rings. The fourth-order valence-electron chi connectivity index (χ4n) is 4.18. The standard InChI is InChI=1S/C22H26N10O4/c23-19-17-12(7-32(22(17)31-10-27-19)16-6-13(34)14(8-33)36-16)2-1-3-15(35)24-4-5-25-20-18-21(28-9-26-18)30-11-29-20/h1-2,7,9-11,13-14,16,33-34H,3-6,8H2,(H,24,35)(H2,23,27,31)(H2,25,26,28,29,30)/b2-1+/t13?,14?,16-/m1/s1. The quantitative estimate of drug-likeness (QED) is 0.170. The van der Waals surface area contributed by atoms with Crippen LogP contribution in [-0.2, 0) is 9.53 Å². The van der Waals surface area contributed by atoms with Gasteiger partial charge in [0.1, 0.15) is 42.0 Å². The third-order valence-corrected chi connectivity index (χ3v) is 5.93. The first-order chi connectivity index (χ1) is 17.5. The highest BCUT2D eigenvalue weighted by molar-refractivity contribution is 5.95. The molecule has 1 saturated heterocycles. The van der Waals surface area contributed by atoms with Crippen LogP contribution in [0.5, 0.6) is 0 Å². The summed E-state index contributed by atoms with van der Waals surface area (Å²) in [4.78, 5) is 36.0. The number of amides is 1. The first-order valence-electron chi connectivity index (χ1n) is 11.4. The number of hydrogen-bond acceptors (Lipinski definition) is 11. The van der Waals surface area contributed by atoms with E-state index in [4.69, 9.17) is 10.5 Å². The molecule has 36 heavy (non-hydrogen) atoms. The van der Waals surface area contributed by atoms with Crippen LogP contribution in [0, 0.1) is 0 Å². The molecule has 1 amide bonds. The third-order valence-electron chi connectivity index (χ3n) is 5.93. The van der Waals surface area contributed by atoms with E-state index in [-0.39, 0.29) is 18.9 Å². The summed E-state index contributed by atoms with van der Waals surface area (Å²) in [5, 5.41) is 26.1. The van der Waals surface area contributed by atoms with Crippen molar-refractivity contribution < 1.29 is 19.7 Å². The summed E-state index contributed by atoms with van der Waals surface area (Å²) in [7, 11) is 0. The van der Waals surface area contributed by atoms with E-state index in [0.717, 1.165) is 5.56 Å². The summed E-state index contributed by atoms with van der Waals surface area (Å²) >= 11 is 0. The number of imidazole rings is 1. The lowest BCUT2D eigenvalue weighted by Crippen LogP contribution is -2.28. The summed E-state index contributed by atoms with van der Waals surface area (Å²) in [5.41, 5.74) is 8.65. The molecule has 4 aromatic heterocycles. The molecule has 14 heteroatoms. The molecule has 0 spiro atoms. The molecule has 1 aliphatic heterocycles. The molecule has 7 N–H and O–H groups in total. The van der Waals surface area contributed by atoms with E-state index in [0.29, 0.717) is 53.3 Å². The molecule has 188 valence electrons. The van der Waals surface area contributed by atoms with Crippen LogP contribution in [0.1, 0.15) is 24.6 Å². The van der Waals surface area contributed by atoms with Crippen LogP contribution in [-0.4, -0.2) is 82.5 Å². The number of anilines is 2. The van der Waals surface area contributed by atoms with Gasteiger partial charge in [0.25, 0.3) is 0 Å². The number of aliphatic hydroxyl groups is 2. The van der Waals surface area contributed by atoms with Crippen molar-refractivity contribution in [3.63, 3.8) is 0 Å². The van der Waals surface area contributed by atoms with Gasteiger partial charge < -0.3 is 40.9 Å². The number of ether oxygens (including phenoxy) is 1. The van der Waals surface area contributed by atoms with Crippen LogP contribution in [0.3, 0.4) is 0 Å². The summed E-state index contributed by atoms with van der Waals surface area (Å²) < 4.78 is 7.54. The molecular weight excluding hydrogens is 468 g/mol. The fraction of sp³-hybridized carbons (Fsp3) is 0.364. The minimum Gasteiger partial charge on any atom is -0.394 e. The van der Waals surface area contributed by atoms with E-state index < -0.39 is 18.4 Å². The van der Waals surface area contributed by atoms with E-state index in [1.807, 2.05) is 0 Å². The highest BCUT2D eigenvalue weighted by atomic mass is 16.5. The zero-order chi connectivity index (χ0) is 25.1. The van der Waals surface area contributed by atoms with Crippen molar-refractivity contribution in [2.45, 2.75) is 31.3 Å². The van der Waals surface area contributed by atoms with Gasteiger partial charge in [0.05, 0.1) is 24.4 Å². The van der Waals surface area contributed by atoms with Crippen molar-refractivity contribution in [2.24, 2.45) is 0 Å². The number of nitrogens with two attached hydrogens (primary N) is 1. The summed E-state index contributed by atoms with van der Waals surface area (Å²) in [6, 6.07) is 0. The molecule has 5 rings (SSSR count). The van der Waals surface area contributed by atoms with Crippen molar-refractivity contribution in [2.75, 3.05) is 30.7 Å². The molecule has 0 bridgehead atoms. The maximum atomic E-state index is 12.3. The lowest BCUT2D eigenvalue weighted by Gasteiger charge is -2.14. The van der Waals surface area contributed by atoms with Crippen LogP contribution in [0.15, 0.2) is 31.3 Å². The molecule has 3 atom stereocenters. The highest BCUT2D eigenvalue weighted by Crippen LogP contribution is 2.34. The second-order valence-corrected chi connectivity index (χ2v) is 8.27. The van der Waals surface area contributed by atoms with Gasteiger partial charge in [-0.1, -0.05) is 12.2 Å². The molecule has 2 unspecified atom stereocenters. The van der Waals surface area contributed by atoms with Crippen LogP contribution in [0.2, 0.25) is 0 Å². The highest BCUT2D eigenvalue weighted by Gasteiger charge is 2.35. The van der Waals surface area contributed by atoms with Crippen molar-refractivity contribution in [3.05, 3.63) is 36.8 Å². The van der Waals surface area contributed by atoms with Gasteiger partial charge in [0.2, 0.25) is 5.91 Å². The summed E-state index contributed by atoms with van der Waals surface area (Å²) in [6.07, 6.45) is 8.14. The molecular formula is C22H26N10O4. The Morgan fingerprint density at radius 2 is 2.11 bits per heavy atom. The zero-order valence-electron chi connectivity index (χ0n) is 19.2. The number of hydrogen-bond donors (Lipinski definition) is 6. The molecule has 5 heterocycles. The van der Waals surface area contributed by atoms with E-state index in [9.17, 15) is 15.0 Å². The lowest BCUT2D eigenvalue weighted by atomic mass is 10.2. The SMILES string of the molecule is Nc1ncnc2c1c(/C=C/CC(=O)NCCNc1ncnc3nc[nH]c13)cn2[C@H]1CC(O)C(CO)O1. The third kappa shape index (κ3) is 4.68. The van der Waals surface area contributed by atoms with Gasteiger partial charge in [-0.3, -0.25) is 4.79 Å². The number of carbonyl (C=O) groups excluding carboxylic acids is 1. The first kappa shape index (κ1) is 23.6. The van der Waals surface area contributed by atoms with E-state index in [1.54, 1.807) is 29.2 Å². The molecule has 0 saturated carbocycles. The zero-order valence-corrected chi connectivity index (χ0v) is 19.2. The van der Waals surface area contributed by atoms with Crippen molar-refractivity contribution in [1.29, 1.82) is 0 Å². The van der Waals surface area contributed by atoms with Gasteiger partial charge in [0, 0.05) is 37.7 Å². The minimum atomic E-state index is -0.784. The molecule has 0 aromatic carbocycles. The molecule has 1 aliphatic rings. The molecule has 14 nitrogen and oxygen atoms in total. The Hall–Kier alpha value is -4.14. The largest absolute Gasteiger partial charge is 0.394 e. The van der Waals surface area contributed by atoms with E-state index in [1.165, 1.54) is 12.7 Å². The van der Waals surface area contributed by atoms with Crippen LogP contribution >= 0.6 is 0 Å². The molecule has 1 fully saturated rings.